The maximum atomic E-state index is 10.9. The minimum Gasteiger partial charge on any atom is -0.497 e. The van der Waals surface area contributed by atoms with E-state index in [1.54, 1.807) is 18.9 Å². The number of nitrogens with one attached hydrogen (secondary N) is 1. The van der Waals surface area contributed by atoms with Crippen molar-refractivity contribution in [3.63, 3.8) is 0 Å². The minimum atomic E-state index is -0.629. The van der Waals surface area contributed by atoms with Crippen molar-refractivity contribution >= 4 is 35.1 Å². The number of benzene rings is 2. The molecule has 0 aliphatic carbocycles. The molecule has 2 aromatic heterocycles. The number of fused-ring (bicyclic) bond motifs is 1. The summed E-state index contributed by atoms with van der Waals surface area (Å²) < 4.78 is 7.16. The van der Waals surface area contributed by atoms with Gasteiger partial charge in [0, 0.05) is 16.3 Å². The molecule has 0 spiro atoms. The van der Waals surface area contributed by atoms with Crippen molar-refractivity contribution in [3.8, 4) is 17.1 Å². The fourth-order valence-electron chi connectivity index (χ4n) is 3.65. The molecule has 12 heteroatoms. The Kier molecular flexibility index (Phi) is 6.68. The molecule has 2 atom stereocenters. The van der Waals surface area contributed by atoms with Gasteiger partial charge in [-0.15, -0.1) is 15.3 Å². The van der Waals surface area contributed by atoms with Crippen LogP contribution in [0.3, 0.4) is 0 Å². The summed E-state index contributed by atoms with van der Waals surface area (Å²) in [5, 5.41) is 30.7. The standard InChI is InChI=1S/C22H22ClN7O2S2/c1-13-25-28-22-30(13)29(20(34-22)15-3-7-16(23)8-4-15)11-17(31)12-33-21-24-19(26-27-21)14-5-9-18(32-2)10-6-14/h3-10,17,20,31H,11-12H2,1-2H3,(H,24,26,27). The number of aliphatic hydroxyl groups excluding tert-OH is 1. The zero-order chi connectivity index (χ0) is 23.7. The molecular weight excluding hydrogens is 494 g/mol. The zero-order valence-electron chi connectivity index (χ0n) is 18.4. The van der Waals surface area contributed by atoms with Crippen molar-refractivity contribution in [2.45, 2.75) is 28.7 Å². The molecule has 176 valence electrons. The molecule has 1 aliphatic heterocycles. The van der Waals surface area contributed by atoms with E-state index in [4.69, 9.17) is 16.3 Å². The lowest BCUT2D eigenvalue weighted by molar-refractivity contribution is 0.194. The van der Waals surface area contributed by atoms with E-state index in [0.29, 0.717) is 28.3 Å². The fraction of sp³-hybridized carbons (Fsp3) is 0.273. The predicted octanol–water partition coefficient (Wildman–Crippen LogP) is 3.93. The van der Waals surface area contributed by atoms with Crippen molar-refractivity contribution in [3.05, 3.63) is 64.9 Å². The van der Waals surface area contributed by atoms with Crippen LogP contribution in [0.25, 0.3) is 11.4 Å². The van der Waals surface area contributed by atoms with Crippen molar-refractivity contribution in [1.82, 2.24) is 30.1 Å². The van der Waals surface area contributed by atoms with Gasteiger partial charge < -0.3 is 9.84 Å². The Morgan fingerprint density at radius 2 is 1.94 bits per heavy atom. The van der Waals surface area contributed by atoms with Crippen LogP contribution in [0.4, 0.5) is 0 Å². The van der Waals surface area contributed by atoms with Crippen LogP contribution in [0.15, 0.2) is 58.8 Å². The average molecular weight is 516 g/mol. The molecule has 2 N–H and O–H groups in total. The molecule has 0 radical (unpaired) electrons. The number of aliphatic hydroxyl groups is 1. The molecule has 0 fully saturated rings. The summed E-state index contributed by atoms with van der Waals surface area (Å²) in [5.74, 6) is 2.66. The van der Waals surface area contributed by atoms with Crippen LogP contribution in [0, 0.1) is 6.92 Å². The van der Waals surface area contributed by atoms with Gasteiger partial charge in [0.2, 0.25) is 10.3 Å². The number of thioether (sulfide) groups is 2. The second-order valence-corrected chi connectivity index (χ2v) is 10.1. The number of hydrogen-bond donors (Lipinski definition) is 2. The predicted molar refractivity (Wildman–Crippen MR) is 133 cm³/mol. The summed E-state index contributed by atoms with van der Waals surface area (Å²) in [7, 11) is 1.63. The monoisotopic (exact) mass is 515 g/mol. The molecule has 0 bridgehead atoms. The molecule has 9 nitrogen and oxygen atoms in total. The SMILES string of the molecule is COc1ccc(-c2nc(SCC(O)CN3C(c4ccc(Cl)cc4)Sc4nnc(C)n43)n[nH]2)cc1. The van der Waals surface area contributed by atoms with Crippen LogP contribution in [0.1, 0.15) is 16.8 Å². The first-order valence-electron chi connectivity index (χ1n) is 10.5. The van der Waals surface area contributed by atoms with Crippen molar-refractivity contribution in [2.24, 2.45) is 0 Å². The quantitative estimate of drug-likeness (QED) is 0.337. The van der Waals surface area contributed by atoms with Crippen LogP contribution >= 0.6 is 35.1 Å². The number of rotatable bonds is 8. The van der Waals surface area contributed by atoms with Gasteiger partial charge in [-0.3, -0.25) is 10.1 Å². The van der Waals surface area contributed by atoms with Gasteiger partial charge in [0.15, 0.2) is 5.82 Å². The number of nitrogens with zero attached hydrogens (tertiary/aromatic N) is 6. The summed E-state index contributed by atoms with van der Waals surface area (Å²) in [5.41, 5.74) is 1.99. The Balaban J connectivity index is 1.25. The van der Waals surface area contributed by atoms with E-state index in [1.165, 1.54) is 11.8 Å². The summed E-state index contributed by atoms with van der Waals surface area (Å²) in [6.45, 7) is 2.30. The highest BCUT2D eigenvalue weighted by atomic mass is 35.5. The number of ether oxygens (including phenoxy) is 1. The molecule has 4 aromatic rings. The lowest BCUT2D eigenvalue weighted by Gasteiger charge is -2.29. The zero-order valence-corrected chi connectivity index (χ0v) is 20.8. The fourth-order valence-corrected chi connectivity index (χ4v) is 5.70. The third-order valence-corrected chi connectivity index (χ3v) is 7.75. The van der Waals surface area contributed by atoms with E-state index >= 15 is 0 Å². The maximum Gasteiger partial charge on any atom is 0.212 e. The number of aryl methyl sites for hydroxylation is 1. The van der Waals surface area contributed by atoms with Crippen LogP contribution in [-0.4, -0.2) is 60.7 Å². The van der Waals surface area contributed by atoms with Gasteiger partial charge in [-0.2, -0.15) is 0 Å². The smallest absolute Gasteiger partial charge is 0.212 e. The van der Waals surface area contributed by atoms with Gasteiger partial charge in [-0.1, -0.05) is 47.3 Å². The highest BCUT2D eigenvalue weighted by molar-refractivity contribution is 7.99. The third-order valence-electron chi connectivity index (χ3n) is 5.30. The Morgan fingerprint density at radius 3 is 2.68 bits per heavy atom. The first-order valence-corrected chi connectivity index (χ1v) is 12.7. The van der Waals surface area contributed by atoms with E-state index in [2.05, 4.69) is 30.4 Å². The van der Waals surface area contributed by atoms with E-state index in [0.717, 1.165) is 27.9 Å². The lowest BCUT2D eigenvalue weighted by Crippen LogP contribution is -2.41. The Bertz CT molecular complexity index is 1260. The van der Waals surface area contributed by atoms with E-state index < -0.39 is 6.10 Å². The number of β-amino-alcohol motifs (C(OH)–C–C–N with tert-alkyl or cyclic N) is 1. The average Bonchev–Trinajstić information content (AvgIpc) is 3.56. The molecule has 0 amide bonds. The second kappa shape index (κ2) is 9.87. The summed E-state index contributed by atoms with van der Waals surface area (Å²) >= 11 is 9.08. The van der Waals surface area contributed by atoms with Gasteiger partial charge in [0.25, 0.3) is 0 Å². The number of methoxy groups -OCH3 is 1. The Morgan fingerprint density at radius 1 is 1.18 bits per heavy atom. The Labute approximate surface area is 209 Å². The first-order chi connectivity index (χ1) is 16.5. The second-order valence-electron chi connectivity index (χ2n) is 7.65. The van der Waals surface area contributed by atoms with Crippen LogP contribution in [-0.2, 0) is 0 Å². The van der Waals surface area contributed by atoms with Gasteiger partial charge in [-0.25, -0.2) is 9.66 Å². The minimum absolute atomic E-state index is 0.0358. The normalized spacial score (nSPS) is 16.0. The largest absolute Gasteiger partial charge is 0.497 e. The highest BCUT2D eigenvalue weighted by Gasteiger charge is 2.35. The molecule has 3 heterocycles. The molecule has 34 heavy (non-hydrogen) atoms. The third kappa shape index (κ3) is 4.74. The topological polar surface area (TPSA) is 105 Å². The van der Waals surface area contributed by atoms with Crippen molar-refractivity contribution < 1.29 is 9.84 Å². The van der Waals surface area contributed by atoms with Gasteiger partial charge in [-0.05, 0) is 48.9 Å². The van der Waals surface area contributed by atoms with Crippen molar-refractivity contribution in [2.75, 3.05) is 24.4 Å². The van der Waals surface area contributed by atoms with Crippen LogP contribution in [0.5, 0.6) is 5.75 Å². The van der Waals surface area contributed by atoms with Gasteiger partial charge >= 0.3 is 0 Å². The molecule has 2 aromatic carbocycles. The summed E-state index contributed by atoms with van der Waals surface area (Å²) in [6.07, 6.45) is -0.629. The van der Waals surface area contributed by atoms with Crippen LogP contribution in [0.2, 0.25) is 5.02 Å². The molecule has 5 rings (SSSR count). The number of hydrogen-bond acceptors (Lipinski definition) is 9. The van der Waals surface area contributed by atoms with Gasteiger partial charge in [0.05, 0.1) is 19.8 Å². The molecule has 1 aliphatic rings. The van der Waals surface area contributed by atoms with Crippen LogP contribution < -0.4 is 9.75 Å². The van der Waals surface area contributed by atoms with Gasteiger partial charge in [0.1, 0.15) is 16.9 Å². The molecule has 2 unspecified atom stereocenters. The van der Waals surface area contributed by atoms with E-state index in [1.807, 2.05) is 60.1 Å². The lowest BCUT2D eigenvalue weighted by atomic mass is 10.2. The maximum absolute atomic E-state index is 10.9. The number of aromatic nitrogens is 6. The number of aromatic amines is 1. The van der Waals surface area contributed by atoms with E-state index in [9.17, 15) is 5.11 Å². The highest BCUT2D eigenvalue weighted by Crippen LogP contribution is 2.43. The molecule has 0 saturated carbocycles. The number of halogens is 1. The van der Waals surface area contributed by atoms with Crippen molar-refractivity contribution in [1.29, 1.82) is 0 Å². The summed E-state index contributed by atoms with van der Waals surface area (Å²) in [4.78, 5) is 4.54. The Hall–Kier alpha value is -2.73. The molecular formula is C22H22ClN7O2S2. The first kappa shape index (κ1) is 23.0. The number of H-pyrrole nitrogens is 1. The summed E-state index contributed by atoms with van der Waals surface area (Å²) in [6, 6.07) is 15.3. The van der Waals surface area contributed by atoms with E-state index in [-0.39, 0.29) is 5.37 Å². The molecule has 0 saturated heterocycles.